The highest BCUT2D eigenvalue weighted by Crippen LogP contribution is 2.45. The first kappa shape index (κ1) is 25.0. The normalized spacial score (nSPS) is 17.2. The SMILES string of the molecule is COc1ccc(Cl)c(/C(O)=C2\C(=O)C(=O)N(c3nc4ccc(C(C)C)cc4s3)C2c2cccc(C)c2)c1. The summed E-state index contributed by atoms with van der Waals surface area (Å²) in [6.07, 6.45) is 0. The van der Waals surface area contributed by atoms with Crippen LogP contribution in [-0.2, 0) is 9.59 Å². The lowest BCUT2D eigenvalue weighted by Crippen LogP contribution is -2.29. The van der Waals surface area contributed by atoms with Gasteiger partial charge in [0.05, 0.1) is 34.0 Å². The van der Waals surface area contributed by atoms with Crippen LogP contribution in [0.1, 0.15) is 48.1 Å². The summed E-state index contributed by atoms with van der Waals surface area (Å²) in [7, 11) is 1.50. The molecule has 2 heterocycles. The number of methoxy groups -OCH3 is 1. The fraction of sp³-hybridized carbons (Fsp3) is 0.207. The number of amides is 1. The number of fused-ring (bicyclic) bond motifs is 1. The molecule has 8 heteroatoms. The third-order valence-electron chi connectivity index (χ3n) is 6.50. The van der Waals surface area contributed by atoms with Crippen LogP contribution >= 0.6 is 22.9 Å². The Labute approximate surface area is 223 Å². The second-order valence-corrected chi connectivity index (χ2v) is 10.7. The topological polar surface area (TPSA) is 79.7 Å². The van der Waals surface area contributed by atoms with Crippen molar-refractivity contribution in [2.75, 3.05) is 12.0 Å². The zero-order chi connectivity index (χ0) is 26.4. The summed E-state index contributed by atoms with van der Waals surface area (Å²) >= 11 is 7.75. The van der Waals surface area contributed by atoms with Crippen LogP contribution < -0.4 is 9.64 Å². The van der Waals surface area contributed by atoms with E-state index in [-0.39, 0.29) is 21.9 Å². The van der Waals surface area contributed by atoms with Gasteiger partial charge >= 0.3 is 5.91 Å². The first-order chi connectivity index (χ1) is 17.7. The maximum atomic E-state index is 13.5. The van der Waals surface area contributed by atoms with E-state index in [1.54, 1.807) is 18.2 Å². The number of aromatic nitrogens is 1. The van der Waals surface area contributed by atoms with Gasteiger partial charge in [-0.3, -0.25) is 14.5 Å². The highest BCUT2D eigenvalue weighted by atomic mass is 35.5. The van der Waals surface area contributed by atoms with Crippen LogP contribution in [0, 0.1) is 6.92 Å². The Balaban J connectivity index is 1.74. The minimum Gasteiger partial charge on any atom is -0.507 e. The minimum absolute atomic E-state index is 0.0483. The monoisotopic (exact) mass is 532 g/mol. The van der Waals surface area contributed by atoms with E-state index in [4.69, 9.17) is 21.3 Å². The third-order valence-corrected chi connectivity index (χ3v) is 7.85. The molecule has 0 bridgehead atoms. The summed E-state index contributed by atoms with van der Waals surface area (Å²) in [5.74, 6) is -1.12. The summed E-state index contributed by atoms with van der Waals surface area (Å²) in [6.45, 7) is 6.16. The molecule has 1 N–H and O–H groups in total. The number of carbonyl (C=O) groups excluding carboxylic acids is 2. The number of thiazole rings is 1. The molecule has 1 fully saturated rings. The van der Waals surface area contributed by atoms with Crippen molar-refractivity contribution in [1.29, 1.82) is 0 Å². The zero-order valence-corrected chi connectivity index (χ0v) is 22.4. The number of benzene rings is 3. The molecule has 1 unspecified atom stereocenters. The van der Waals surface area contributed by atoms with Crippen molar-refractivity contribution >= 4 is 55.7 Å². The van der Waals surface area contributed by atoms with Crippen molar-refractivity contribution in [2.45, 2.75) is 32.7 Å². The second kappa shape index (κ2) is 9.65. The molecule has 188 valence electrons. The first-order valence-electron chi connectivity index (χ1n) is 11.8. The van der Waals surface area contributed by atoms with Crippen LogP contribution in [0.3, 0.4) is 0 Å². The van der Waals surface area contributed by atoms with E-state index >= 15 is 0 Å². The molecule has 3 aromatic carbocycles. The molecule has 1 aromatic heterocycles. The number of Topliss-reactive ketones (excluding diaryl/α,β-unsaturated/α-hetero) is 1. The number of anilines is 1. The maximum absolute atomic E-state index is 13.5. The molecule has 0 radical (unpaired) electrons. The van der Waals surface area contributed by atoms with Crippen LogP contribution in [0.25, 0.3) is 16.0 Å². The van der Waals surface area contributed by atoms with Crippen LogP contribution in [0.2, 0.25) is 5.02 Å². The Morgan fingerprint density at radius 1 is 1.11 bits per heavy atom. The van der Waals surface area contributed by atoms with Gasteiger partial charge in [-0.05, 0) is 54.3 Å². The number of aryl methyl sites for hydroxylation is 1. The predicted molar refractivity (Wildman–Crippen MR) is 148 cm³/mol. The molecule has 0 saturated carbocycles. The number of carbonyl (C=O) groups is 2. The van der Waals surface area contributed by atoms with Crippen LogP contribution in [0.4, 0.5) is 5.13 Å². The van der Waals surface area contributed by atoms with Crippen LogP contribution in [-0.4, -0.2) is 28.9 Å². The minimum atomic E-state index is -0.882. The Morgan fingerprint density at radius 2 is 1.89 bits per heavy atom. The lowest BCUT2D eigenvalue weighted by atomic mass is 9.94. The summed E-state index contributed by atoms with van der Waals surface area (Å²) in [5.41, 5.74) is 3.70. The summed E-state index contributed by atoms with van der Waals surface area (Å²) in [6, 6.07) is 17.4. The number of ketones is 1. The van der Waals surface area contributed by atoms with E-state index in [2.05, 4.69) is 19.9 Å². The standard InChI is InChI=1S/C29H25ClN2O4S/c1-15(2)17-8-11-22-23(13-17)37-29(31-22)32-25(18-7-5-6-16(3)12-18)24(27(34)28(32)35)26(33)20-14-19(36-4)9-10-21(20)30/h5-15,25,33H,1-4H3/b26-24+. The molecule has 1 saturated heterocycles. The highest BCUT2D eigenvalue weighted by molar-refractivity contribution is 7.22. The van der Waals surface area contributed by atoms with E-state index in [9.17, 15) is 14.7 Å². The molecule has 0 spiro atoms. The van der Waals surface area contributed by atoms with E-state index in [1.165, 1.54) is 23.3 Å². The second-order valence-electron chi connectivity index (χ2n) is 9.31. The molecule has 4 aromatic rings. The molecular weight excluding hydrogens is 508 g/mol. The Hall–Kier alpha value is -3.68. The lowest BCUT2D eigenvalue weighted by molar-refractivity contribution is -0.132. The highest BCUT2D eigenvalue weighted by Gasteiger charge is 2.48. The van der Waals surface area contributed by atoms with Gasteiger partial charge in [0.2, 0.25) is 0 Å². The van der Waals surface area contributed by atoms with Gasteiger partial charge in [-0.25, -0.2) is 4.98 Å². The van der Waals surface area contributed by atoms with Crippen molar-refractivity contribution in [1.82, 2.24) is 4.98 Å². The Morgan fingerprint density at radius 3 is 2.59 bits per heavy atom. The lowest BCUT2D eigenvalue weighted by Gasteiger charge is -2.23. The van der Waals surface area contributed by atoms with Crippen molar-refractivity contribution in [2.24, 2.45) is 0 Å². The van der Waals surface area contributed by atoms with Gasteiger partial charge in [0, 0.05) is 5.56 Å². The third kappa shape index (κ3) is 4.38. The van der Waals surface area contributed by atoms with Crippen molar-refractivity contribution in [3.05, 3.63) is 93.5 Å². The van der Waals surface area contributed by atoms with Gasteiger partial charge in [-0.1, -0.05) is 72.7 Å². The smallest absolute Gasteiger partial charge is 0.301 e. The van der Waals surface area contributed by atoms with E-state index in [1.807, 2.05) is 43.3 Å². The van der Waals surface area contributed by atoms with E-state index in [0.717, 1.165) is 21.3 Å². The summed E-state index contributed by atoms with van der Waals surface area (Å²) in [5, 5.41) is 12.1. The van der Waals surface area contributed by atoms with Crippen LogP contribution in [0.5, 0.6) is 5.75 Å². The van der Waals surface area contributed by atoms with Gasteiger partial charge in [-0.2, -0.15) is 0 Å². The molecule has 37 heavy (non-hydrogen) atoms. The molecule has 0 aliphatic carbocycles. The number of hydrogen-bond donors (Lipinski definition) is 1. The van der Waals surface area contributed by atoms with Gasteiger partial charge in [-0.15, -0.1) is 0 Å². The maximum Gasteiger partial charge on any atom is 0.301 e. The zero-order valence-electron chi connectivity index (χ0n) is 20.8. The number of ether oxygens (including phenoxy) is 1. The Bertz CT molecular complexity index is 1590. The average Bonchev–Trinajstić information content (AvgIpc) is 3.41. The molecule has 6 nitrogen and oxygen atoms in total. The van der Waals surface area contributed by atoms with Crippen molar-refractivity contribution in [3.8, 4) is 5.75 Å². The number of aliphatic hydroxyl groups excluding tert-OH is 1. The molecule has 1 aliphatic heterocycles. The fourth-order valence-electron chi connectivity index (χ4n) is 4.53. The number of rotatable bonds is 5. The molecule has 1 atom stereocenters. The summed E-state index contributed by atoms with van der Waals surface area (Å²) < 4.78 is 6.20. The number of halogens is 1. The predicted octanol–water partition coefficient (Wildman–Crippen LogP) is 7.02. The van der Waals surface area contributed by atoms with Crippen LogP contribution in [0.15, 0.2) is 66.2 Å². The largest absolute Gasteiger partial charge is 0.507 e. The quantitative estimate of drug-likeness (QED) is 0.170. The van der Waals surface area contributed by atoms with E-state index in [0.29, 0.717) is 22.4 Å². The van der Waals surface area contributed by atoms with Crippen molar-refractivity contribution in [3.63, 3.8) is 0 Å². The number of hydrogen-bond acceptors (Lipinski definition) is 6. The van der Waals surface area contributed by atoms with E-state index < -0.39 is 17.7 Å². The van der Waals surface area contributed by atoms with Gasteiger partial charge in [0.1, 0.15) is 11.5 Å². The molecule has 1 aliphatic rings. The average molecular weight is 533 g/mol. The Kier molecular flexibility index (Phi) is 6.52. The summed E-state index contributed by atoms with van der Waals surface area (Å²) in [4.78, 5) is 33.1. The van der Waals surface area contributed by atoms with Gasteiger partial charge < -0.3 is 9.84 Å². The van der Waals surface area contributed by atoms with Gasteiger partial charge in [0.25, 0.3) is 5.78 Å². The number of aliphatic hydroxyl groups is 1. The first-order valence-corrected chi connectivity index (χ1v) is 13.0. The fourth-order valence-corrected chi connectivity index (χ4v) is 5.78. The number of nitrogens with zero attached hydrogens (tertiary/aromatic N) is 2. The molecule has 1 amide bonds. The molecular formula is C29H25ClN2O4S. The molecule has 5 rings (SSSR count). The van der Waals surface area contributed by atoms with Crippen molar-refractivity contribution < 1.29 is 19.4 Å². The van der Waals surface area contributed by atoms with Gasteiger partial charge in [0.15, 0.2) is 5.13 Å².